The van der Waals surface area contributed by atoms with E-state index in [9.17, 15) is 19.2 Å². The summed E-state index contributed by atoms with van der Waals surface area (Å²) in [6, 6.07) is 5.24. The number of H-pyrrole nitrogens is 1. The summed E-state index contributed by atoms with van der Waals surface area (Å²) in [5.74, 6) is -0.911. The van der Waals surface area contributed by atoms with Crippen LogP contribution in [-0.4, -0.2) is 50.9 Å². The standard InChI is InChI=1S/C23H20N6O6/c1-22-4-5-23(22,35-21(22)33)20(32)29-13-8-24-17-16(13)26-10-27-18(17)19(31)25-7-11-2-3-14-12(6-11)28-15(30)9-34-14/h2-3,6,8,10,24H,4-5,7,9H2,1H3,(H,25,31)(H,28,30)(H,29,32)/t22?,23-/m1/s1. The maximum Gasteiger partial charge on any atom is 0.317 e. The van der Waals surface area contributed by atoms with Gasteiger partial charge in [0.2, 0.25) is 5.60 Å². The van der Waals surface area contributed by atoms with Crippen LogP contribution in [0.3, 0.4) is 0 Å². The van der Waals surface area contributed by atoms with Crippen molar-refractivity contribution in [1.29, 1.82) is 0 Å². The van der Waals surface area contributed by atoms with Crippen LogP contribution in [0.4, 0.5) is 11.4 Å². The molecule has 2 aliphatic heterocycles. The Morgan fingerprint density at radius 2 is 2.06 bits per heavy atom. The number of nitrogens with zero attached hydrogens (tertiary/aromatic N) is 2. The van der Waals surface area contributed by atoms with Gasteiger partial charge in [-0.25, -0.2) is 9.97 Å². The molecule has 1 saturated carbocycles. The molecule has 1 saturated heterocycles. The van der Waals surface area contributed by atoms with Gasteiger partial charge in [-0.15, -0.1) is 0 Å². The molecule has 0 spiro atoms. The molecule has 178 valence electrons. The number of aromatic nitrogens is 3. The molecule has 2 fully saturated rings. The molecule has 12 heteroatoms. The lowest BCUT2D eigenvalue weighted by molar-refractivity contribution is -0.267. The second kappa shape index (κ2) is 7.26. The van der Waals surface area contributed by atoms with E-state index in [2.05, 4.69) is 30.9 Å². The van der Waals surface area contributed by atoms with Gasteiger partial charge >= 0.3 is 5.97 Å². The van der Waals surface area contributed by atoms with Crippen LogP contribution in [0.1, 0.15) is 35.8 Å². The first kappa shape index (κ1) is 21.1. The van der Waals surface area contributed by atoms with E-state index in [1.807, 2.05) is 0 Å². The summed E-state index contributed by atoms with van der Waals surface area (Å²) in [4.78, 5) is 60.4. The van der Waals surface area contributed by atoms with Crippen LogP contribution in [0.2, 0.25) is 0 Å². The van der Waals surface area contributed by atoms with Gasteiger partial charge in [0, 0.05) is 12.7 Å². The number of carbonyl (C=O) groups is 4. The van der Waals surface area contributed by atoms with E-state index in [0.29, 0.717) is 41.0 Å². The summed E-state index contributed by atoms with van der Waals surface area (Å²) in [7, 11) is 0. The minimum Gasteiger partial charge on any atom is -0.482 e. The first-order valence-corrected chi connectivity index (χ1v) is 11.0. The number of aromatic amines is 1. The zero-order chi connectivity index (χ0) is 24.4. The van der Waals surface area contributed by atoms with Gasteiger partial charge in [-0.1, -0.05) is 6.07 Å². The number of esters is 1. The molecule has 3 aromatic rings. The van der Waals surface area contributed by atoms with Gasteiger partial charge in [0.1, 0.15) is 23.0 Å². The Morgan fingerprint density at radius 3 is 2.80 bits per heavy atom. The molecule has 3 aliphatic rings. The maximum atomic E-state index is 12.9. The molecule has 3 amide bonds. The minimum atomic E-state index is -1.15. The molecule has 2 aromatic heterocycles. The second-order valence-corrected chi connectivity index (χ2v) is 9.00. The van der Waals surface area contributed by atoms with Crippen LogP contribution in [0, 0.1) is 5.41 Å². The van der Waals surface area contributed by atoms with Crippen molar-refractivity contribution < 1.29 is 28.7 Å². The number of carbonyl (C=O) groups excluding carboxylic acids is 4. The highest BCUT2D eigenvalue weighted by molar-refractivity contribution is 6.12. The molecule has 0 bridgehead atoms. The van der Waals surface area contributed by atoms with E-state index in [1.54, 1.807) is 25.1 Å². The molecule has 2 atom stereocenters. The molecule has 1 aromatic carbocycles. The van der Waals surface area contributed by atoms with E-state index in [0.717, 1.165) is 5.56 Å². The summed E-state index contributed by atoms with van der Waals surface area (Å²) in [6.45, 7) is 1.88. The van der Waals surface area contributed by atoms with Gasteiger partial charge in [-0.05, 0) is 37.5 Å². The van der Waals surface area contributed by atoms with Crippen molar-refractivity contribution in [3.8, 4) is 5.75 Å². The van der Waals surface area contributed by atoms with E-state index < -0.39 is 22.8 Å². The van der Waals surface area contributed by atoms with Crippen molar-refractivity contribution in [2.24, 2.45) is 5.41 Å². The molecule has 1 aliphatic carbocycles. The third-order valence-corrected chi connectivity index (χ3v) is 7.01. The number of amides is 3. The SMILES string of the molecule is CC12CC[C@]1(C(=O)Nc1c[nH]c3c(C(=O)NCc4ccc5c(c4)NC(=O)CO5)ncnc13)OC2=O. The number of hydrogen-bond donors (Lipinski definition) is 4. The van der Waals surface area contributed by atoms with E-state index in [-0.39, 0.29) is 30.7 Å². The third kappa shape index (κ3) is 2.99. The Bertz CT molecular complexity index is 1450. The predicted octanol–water partition coefficient (Wildman–Crippen LogP) is 1.25. The Kier molecular flexibility index (Phi) is 4.37. The molecule has 6 rings (SSSR count). The Labute approximate surface area is 197 Å². The van der Waals surface area contributed by atoms with Crippen LogP contribution in [-0.2, 0) is 25.7 Å². The Hall–Kier alpha value is -4.48. The number of rotatable bonds is 5. The first-order valence-electron chi connectivity index (χ1n) is 11.0. The van der Waals surface area contributed by atoms with Gasteiger partial charge in [0.05, 0.1) is 16.9 Å². The summed E-state index contributed by atoms with van der Waals surface area (Å²) in [5, 5.41) is 8.30. The quantitative estimate of drug-likeness (QED) is 0.400. The molecular weight excluding hydrogens is 456 g/mol. The fourth-order valence-corrected chi connectivity index (χ4v) is 4.73. The first-order chi connectivity index (χ1) is 16.8. The summed E-state index contributed by atoms with van der Waals surface area (Å²) >= 11 is 0. The van der Waals surface area contributed by atoms with Gasteiger partial charge in [0.25, 0.3) is 17.7 Å². The summed E-state index contributed by atoms with van der Waals surface area (Å²) in [6.07, 6.45) is 3.82. The zero-order valence-corrected chi connectivity index (χ0v) is 18.6. The number of nitrogens with one attached hydrogen (secondary N) is 4. The normalized spacial score (nSPS) is 24.0. The smallest absolute Gasteiger partial charge is 0.317 e. The number of ether oxygens (including phenoxy) is 2. The lowest BCUT2D eigenvalue weighted by atomic mass is 9.53. The molecule has 0 radical (unpaired) electrons. The van der Waals surface area contributed by atoms with E-state index in [4.69, 9.17) is 9.47 Å². The van der Waals surface area contributed by atoms with Crippen LogP contribution >= 0.6 is 0 Å². The predicted molar refractivity (Wildman–Crippen MR) is 120 cm³/mol. The number of hydrogen-bond acceptors (Lipinski definition) is 8. The van der Waals surface area contributed by atoms with Gasteiger partial charge < -0.3 is 30.4 Å². The topological polar surface area (TPSA) is 164 Å². The number of anilines is 2. The fourth-order valence-electron chi connectivity index (χ4n) is 4.73. The lowest BCUT2D eigenvalue weighted by Crippen LogP contribution is -2.76. The second-order valence-electron chi connectivity index (χ2n) is 9.00. The van der Waals surface area contributed by atoms with Crippen molar-refractivity contribution in [1.82, 2.24) is 20.3 Å². The van der Waals surface area contributed by atoms with Crippen molar-refractivity contribution in [2.75, 3.05) is 17.2 Å². The van der Waals surface area contributed by atoms with Crippen LogP contribution in [0.5, 0.6) is 5.75 Å². The summed E-state index contributed by atoms with van der Waals surface area (Å²) < 4.78 is 10.6. The average Bonchev–Trinajstić information content (AvgIpc) is 3.26. The molecule has 1 unspecified atom stereocenters. The summed E-state index contributed by atoms with van der Waals surface area (Å²) in [5.41, 5.74) is 0.521. The highest BCUT2D eigenvalue weighted by Crippen LogP contribution is 2.61. The number of fused-ring (bicyclic) bond motifs is 3. The van der Waals surface area contributed by atoms with Crippen LogP contribution in [0.15, 0.2) is 30.7 Å². The molecular formula is C23H20N6O6. The maximum absolute atomic E-state index is 12.9. The molecule has 35 heavy (non-hydrogen) atoms. The third-order valence-electron chi connectivity index (χ3n) is 7.01. The number of benzene rings is 1. The fraction of sp³-hybridized carbons (Fsp3) is 0.304. The highest BCUT2D eigenvalue weighted by Gasteiger charge is 2.76. The van der Waals surface area contributed by atoms with Crippen molar-refractivity contribution >= 4 is 46.1 Å². The van der Waals surface area contributed by atoms with Crippen molar-refractivity contribution in [2.45, 2.75) is 31.9 Å². The monoisotopic (exact) mass is 476 g/mol. The highest BCUT2D eigenvalue weighted by atomic mass is 16.6. The zero-order valence-electron chi connectivity index (χ0n) is 18.6. The molecule has 12 nitrogen and oxygen atoms in total. The van der Waals surface area contributed by atoms with E-state index in [1.165, 1.54) is 12.5 Å². The van der Waals surface area contributed by atoms with Crippen LogP contribution in [0.25, 0.3) is 11.0 Å². The van der Waals surface area contributed by atoms with E-state index >= 15 is 0 Å². The molecule has 4 heterocycles. The van der Waals surface area contributed by atoms with Gasteiger partial charge in [-0.2, -0.15) is 0 Å². The van der Waals surface area contributed by atoms with Crippen molar-refractivity contribution in [3.05, 3.63) is 42.0 Å². The van der Waals surface area contributed by atoms with Crippen LogP contribution < -0.4 is 20.7 Å². The minimum absolute atomic E-state index is 0.0309. The van der Waals surface area contributed by atoms with Gasteiger partial charge in [-0.3, -0.25) is 19.2 Å². The molecule has 4 N–H and O–H groups in total. The largest absolute Gasteiger partial charge is 0.482 e. The average molecular weight is 476 g/mol. The Morgan fingerprint density at radius 1 is 1.20 bits per heavy atom. The lowest BCUT2D eigenvalue weighted by Gasteiger charge is -2.61. The van der Waals surface area contributed by atoms with Gasteiger partial charge in [0.15, 0.2) is 12.3 Å². The Balaban J connectivity index is 1.18. The van der Waals surface area contributed by atoms with Crippen molar-refractivity contribution in [3.63, 3.8) is 0 Å².